The van der Waals surface area contributed by atoms with Crippen molar-refractivity contribution >= 4 is 5.91 Å². The summed E-state index contributed by atoms with van der Waals surface area (Å²) in [4.78, 5) is 13.9. The lowest BCUT2D eigenvalue weighted by Crippen LogP contribution is -2.46. The van der Waals surface area contributed by atoms with Crippen molar-refractivity contribution in [3.63, 3.8) is 0 Å². The molecule has 1 aromatic rings. The smallest absolute Gasteiger partial charge is 0.258 e. The number of hydrogen-bond acceptors (Lipinski definition) is 3. The maximum absolute atomic E-state index is 12.3. The molecule has 1 aliphatic rings. The summed E-state index contributed by atoms with van der Waals surface area (Å²) in [6.45, 7) is 0.654. The molecule has 1 amide bonds. The van der Waals surface area contributed by atoms with Crippen LogP contribution in [0.4, 0.5) is 0 Å². The van der Waals surface area contributed by atoms with Gasteiger partial charge < -0.3 is 14.7 Å². The van der Waals surface area contributed by atoms with Gasteiger partial charge in [-0.15, -0.1) is 0 Å². The van der Waals surface area contributed by atoms with Gasteiger partial charge in [-0.1, -0.05) is 30.3 Å². The van der Waals surface area contributed by atoms with E-state index in [0.29, 0.717) is 12.1 Å². The Hall–Kier alpha value is -1.39. The van der Waals surface area contributed by atoms with E-state index in [1.165, 1.54) is 0 Å². The zero-order valence-electron chi connectivity index (χ0n) is 10.6. The second-order valence-electron chi connectivity index (χ2n) is 4.53. The molecule has 0 saturated carbocycles. The summed E-state index contributed by atoms with van der Waals surface area (Å²) in [6.07, 6.45) is 1.56. The summed E-state index contributed by atoms with van der Waals surface area (Å²) >= 11 is 0. The fourth-order valence-corrected chi connectivity index (χ4v) is 2.33. The lowest BCUT2D eigenvalue weighted by Gasteiger charge is -2.35. The Kier molecular flexibility index (Phi) is 4.33. The quantitative estimate of drug-likeness (QED) is 0.887. The van der Waals surface area contributed by atoms with Gasteiger partial charge in [0.05, 0.1) is 0 Å². The van der Waals surface area contributed by atoms with Gasteiger partial charge in [-0.3, -0.25) is 4.79 Å². The number of aliphatic hydroxyl groups is 1. The predicted molar refractivity (Wildman–Crippen MR) is 67.8 cm³/mol. The molecule has 0 bridgehead atoms. The summed E-state index contributed by atoms with van der Waals surface area (Å²) in [5.74, 6) is -0.271. The standard InChI is InChI=1S/C14H19NO3/c1-18-12-9-5-6-10-15(12)14(17)13(16)11-7-3-2-4-8-11/h2-4,7-8,12-13,16H,5-6,9-10H2,1H3. The Bertz CT molecular complexity index is 393. The molecule has 4 nitrogen and oxygen atoms in total. The Labute approximate surface area is 107 Å². The number of hydrogen-bond donors (Lipinski definition) is 1. The van der Waals surface area contributed by atoms with Crippen LogP contribution in [0, 0.1) is 0 Å². The molecule has 0 spiro atoms. The van der Waals surface area contributed by atoms with E-state index in [4.69, 9.17) is 4.74 Å². The molecule has 1 fully saturated rings. The number of ether oxygens (including phenoxy) is 1. The van der Waals surface area contributed by atoms with Crippen LogP contribution in [0.25, 0.3) is 0 Å². The Morgan fingerprint density at radius 2 is 2.11 bits per heavy atom. The van der Waals surface area contributed by atoms with Crippen LogP contribution >= 0.6 is 0 Å². The van der Waals surface area contributed by atoms with Crippen molar-refractivity contribution in [1.29, 1.82) is 0 Å². The average Bonchev–Trinajstić information content (AvgIpc) is 2.46. The van der Waals surface area contributed by atoms with Gasteiger partial charge in [-0.2, -0.15) is 0 Å². The number of nitrogens with zero attached hydrogens (tertiary/aromatic N) is 1. The first-order chi connectivity index (χ1) is 8.74. The fourth-order valence-electron chi connectivity index (χ4n) is 2.33. The number of likely N-dealkylation sites (tertiary alicyclic amines) is 1. The normalized spacial score (nSPS) is 21.7. The highest BCUT2D eigenvalue weighted by Crippen LogP contribution is 2.23. The highest BCUT2D eigenvalue weighted by Gasteiger charge is 2.31. The third-order valence-electron chi connectivity index (χ3n) is 3.35. The number of piperidine rings is 1. The van der Waals surface area contributed by atoms with Crippen molar-refractivity contribution in [3.8, 4) is 0 Å². The lowest BCUT2D eigenvalue weighted by molar-refractivity contribution is -0.156. The molecular formula is C14H19NO3. The van der Waals surface area contributed by atoms with Gasteiger partial charge in [0, 0.05) is 13.7 Å². The first kappa shape index (κ1) is 13.1. The summed E-state index contributed by atoms with van der Waals surface area (Å²) < 4.78 is 5.30. The third kappa shape index (κ3) is 2.71. The number of aliphatic hydroxyl groups excluding tert-OH is 1. The minimum absolute atomic E-state index is 0.204. The zero-order valence-corrected chi connectivity index (χ0v) is 10.6. The van der Waals surface area contributed by atoms with Crippen LogP contribution in [0.1, 0.15) is 30.9 Å². The first-order valence-corrected chi connectivity index (χ1v) is 6.30. The van der Waals surface area contributed by atoms with E-state index in [2.05, 4.69) is 0 Å². The van der Waals surface area contributed by atoms with Crippen LogP contribution in [0.15, 0.2) is 30.3 Å². The molecule has 1 aliphatic heterocycles. The Balaban J connectivity index is 2.10. The molecule has 1 N–H and O–H groups in total. The number of rotatable bonds is 3. The molecular weight excluding hydrogens is 230 g/mol. The molecule has 2 rings (SSSR count). The minimum Gasteiger partial charge on any atom is -0.378 e. The van der Waals surface area contributed by atoms with Crippen molar-refractivity contribution in [2.75, 3.05) is 13.7 Å². The Morgan fingerprint density at radius 1 is 1.39 bits per heavy atom. The fraction of sp³-hybridized carbons (Fsp3) is 0.500. The van der Waals surface area contributed by atoms with Crippen LogP contribution in [-0.4, -0.2) is 35.8 Å². The van der Waals surface area contributed by atoms with Gasteiger partial charge in [0.25, 0.3) is 5.91 Å². The molecule has 2 unspecified atom stereocenters. The van der Waals surface area contributed by atoms with Crippen LogP contribution in [0.3, 0.4) is 0 Å². The van der Waals surface area contributed by atoms with Crippen LogP contribution in [0.5, 0.6) is 0 Å². The molecule has 1 aromatic carbocycles. The molecule has 0 aliphatic carbocycles. The van der Waals surface area contributed by atoms with E-state index in [-0.39, 0.29) is 12.1 Å². The van der Waals surface area contributed by atoms with Gasteiger partial charge in [-0.05, 0) is 24.8 Å². The van der Waals surface area contributed by atoms with Gasteiger partial charge in [0.1, 0.15) is 6.23 Å². The predicted octanol–water partition coefficient (Wildman–Crippen LogP) is 1.70. The number of methoxy groups -OCH3 is 1. The van der Waals surface area contributed by atoms with Crippen molar-refractivity contribution in [1.82, 2.24) is 4.90 Å². The topological polar surface area (TPSA) is 49.8 Å². The third-order valence-corrected chi connectivity index (χ3v) is 3.35. The molecule has 1 saturated heterocycles. The number of amides is 1. The number of carbonyl (C=O) groups excluding carboxylic acids is 1. The van der Waals surface area contributed by atoms with Gasteiger partial charge in [-0.25, -0.2) is 0 Å². The second-order valence-corrected chi connectivity index (χ2v) is 4.53. The number of carbonyl (C=O) groups is 1. The van der Waals surface area contributed by atoms with E-state index in [9.17, 15) is 9.90 Å². The van der Waals surface area contributed by atoms with Gasteiger partial charge in [0.15, 0.2) is 6.10 Å². The van der Waals surface area contributed by atoms with E-state index < -0.39 is 6.10 Å². The minimum atomic E-state index is -1.10. The van der Waals surface area contributed by atoms with E-state index >= 15 is 0 Å². The van der Waals surface area contributed by atoms with Crippen molar-refractivity contribution in [3.05, 3.63) is 35.9 Å². The van der Waals surface area contributed by atoms with Crippen molar-refractivity contribution in [2.45, 2.75) is 31.6 Å². The highest BCUT2D eigenvalue weighted by atomic mass is 16.5. The van der Waals surface area contributed by atoms with E-state index in [1.54, 1.807) is 24.1 Å². The van der Waals surface area contributed by atoms with Gasteiger partial charge >= 0.3 is 0 Å². The largest absolute Gasteiger partial charge is 0.378 e. The highest BCUT2D eigenvalue weighted by molar-refractivity contribution is 5.82. The van der Waals surface area contributed by atoms with Crippen molar-refractivity contribution < 1.29 is 14.6 Å². The molecule has 4 heteroatoms. The zero-order chi connectivity index (χ0) is 13.0. The molecule has 1 heterocycles. The first-order valence-electron chi connectivity index (χ1n) is 6.30. The average molecular weight is 249 g/mol. The lowest BCUT2D eigenvalue weighted by atomic mass is 10.0. The second kappa shape index (κ2) is 5.98. The summed E-state index contributed by atoms with van der Waals surface area (Å²) in [6, 6.07) is 9.01. The molecule has 98 valence electrons. The molecule has 2 atom stereocenters. The SMILES string of the molecule is COC1CCCCN1C(=O)C(O)c1ccccc1. The summed E-state index contributed by atoms with van der Waals surface area (Å²) in [7, 11) is 1.60. The molecule has 0 aromatic heterocycles. The monoisotopic (exact) mass is 249 g/mol. The maximum atomic E-state index is 12.3. The summed E-state index contributed by atoms with van der Waals surface area (Å²) in [5, 5.41) is 10.1. The summed E-state index contributed by atoms with van der Waals surface area (Å²) in [5.41, 5.74) is 0.628. The number of benzene rings is 1. The van der Waals surface area contributed by atoms with E-state index in [0.717, 1.165) is 19.3 Å². The van der Waals surface area contributed by atoms with Crippen LogP contribution in [0.2, 0.25) is 0 Å². The van der Waals surface area contributed by atoms with Crippen LogP contribution < -0.4 is 0 Å². The Morgan fingerprint density at radius 3 is 2.78 bits per heavy atom. The maximum Gasteiger partial charge on any atom is 0.258 e. The van der Waals surface area contributed by atoms with Gasteiger partial charge in [0.2, 0.25) is 0 Å². The van der Waals surface area contributed by atoms with E-state index in [1.807, 2.05) is 18.2 Å². The molecule has 18 heavy (non-hydrogen) atoms. The van der Waals surface area contributed by atoms with Crippen molar-refractivity contribution in [2.24, 2.45) is 0 Å². The molecule has 0 radical (unpaired) electrons. The van der Waals surface area contributed by atoms with Crippen LogP contribution in [-0.2, 0) is 9.53 Å².